The SMILES string of the molecule is CCCCCN=C(N)N=N.C[N-]C.[Ru+]. The number of unbranched alkanes of at least 4 members (excludes halogenated alkanes) is 2. The van der Waals surface area contributed by atoms with Gasteiger partial charge in [-0.25, -0.2) is 5.53 Å². The van der Waals surface area contributed by atoms with Gasteiger partial charge in [0.05, 0.1) is 0 Å². The van der Waals surface area contributed by atoms with Crippen LogP contribution in [0.15, 0.2) is 10.1 Å². The summed E-state index contributed by atoms with van der Waals surface area (Å²) in [7, 11) is 3.50. The Bertz CT molecular complexity index is 138. The zero-order chi connectivity index (χ0) is 10.5. The molecule has 0 saturated carbocycles. The summed E-state index contributed by atoms with van der Waals surface area (Å²) in [5.74, 6) is 0.0797. The fourth-order valence-corrected chi connectivity index (χ4v) is 0.591. The summed E-state index contributed by atoms with van der Waals surface area (Å²) < 4.78 is 0. The van der Waals surface area contributed by atoms with Gasteiger partial charge in [0.2, 0.25) is 5.96 Å². The molecule has 0 amide bonds. The van der Waals surface area contributed by atoms with Crippen molar-refractivity contribution in [1.82, 2.24) is 0 Å². The van der Waals surface area contributed by atoms with Crippen molar-refractivity contribution in [2.45, 2.75) is 26.2 Å². The minimum atomic E-state index is 0. The van der Waals surface area contributed by atoms with E-state index in [2.05, 4.69) is 22.3 Å². The molecule has 6 heteroatoms. The van der Waals surface area contributed by atoms with Gasteiger partial charge in [-0.15, -0.1) is 5.11 Å². The van der Waals surface area contributed by atoms with E-state index in [1.54, 1.807) is 14.1 Å². The molecule has 0 aliphatic rings. The van der Waals surface area contributed by atoms with Gasteiger partial charge >= 0.3 is 19.5 Å². The van der Waals surface area contributed by atoms with Crippen LogP contribution in [0.1, 0.15) is 26.2 Å². The third-order valence-electron chi connectivity index (χ3n) is 1.15. The maximum absolute atomic E-state index is 6.46. The van der Waals surface area contributed by atoms with Crippen LogP contribution in [0.4, 0.5) is 0 Å². The molecule has 5 nitrogen and oxygen atoms in total. The zero-order valence-electron chi connectivity index (χ0n) is 9.10. The summed E-state index contributed by atoms with van der Waals surface area (Å²) in [5, 5.41) is 6.46. The van der Waals surface area contributed by atoms with Crippen LogP contribution in [0.2, 0.25) is 0 Å². The number of aliphatic imine (C=N–C) groups is 1. The topological polar surface area (TPSA) is 88.7 Å². The average Bonchev–Trinajstić information content (AvgIpc) is 2.13. The second-order valence-electron chi connectivity index (χ2n) is 2.51. The molecular formula is C8H20N5Ru. The Balaban J connectivity index is -0.000000267. The fraction of sp³-hybridized carbons (Fsp3) is 0.875. The Morgan fingerprint density at radius 1 is 1.36 bits per heavy atom. The van der Waals surface area contributed by atoms with Gasteiger partial charge in [0.25, 0.3) is 0 Å². The molecule has 0 bridgehead atoms. The zero-order valence-corrected chi connectivity index (χ0v) is 10.8. The Labute approximate surface area is 99.2 Å². The third-order valence-corrected chi connectivity index (χ3v) is 1.15. The molecule has 14 heavy (non-hydrogen) atoms. The molecule has 0 aromatic rings. The van der Waals surface area contributed by atoms with Crippen LogP contribution in [0.25, 0.3) is 5.32 Å². The van der Waals surface area contributed by atoms with Gasteiger partial charge in [0.15, 0.2) is 0 Å². The normalized spacial score (nSPS) is 9.50. The number of nitrogens with two attached hydrogens (primary N) is 1. The predicted octanol–water partition coefficient (Wildman–Crippen LogP) is 2.14. The van der Waals surface area contributed by atoms with Crippen molar-refractivity contribution in [3.05, 3.63) is 5.32 Å². The molecule has 0 aliphatic carbocycles. The predicted molar refractivity (Wildman–Crippen MR) is 56.4 cm³/mol. The Kier molecular flexibility index (Phi) is 25.4. The molecule has 0 heterocycles. The number of nitrogens with one attached hydrogen (secondary N) is 1. The minimum Gasteiger partial charge on any atom is -0.668 e. The van der Waals surface area contributed by atoms with Gasteiger partial charge in [-0.2, -0.15) is 14.1 Å². The summed E-state index contributed by atoms with van der Waals surface area (Å²) in [6, 6.07) is 0. The second kappa shape index (κ2) is 18.4. The number of hydrogen-bond donors (Lipinski definition) is 2. The number of hydrogen-bond acceptors (Lipinski definition) is 2. The summed E-state index contributed by atoms with van der Waals surface area (Å²) in [6.45, 7) is 2.82. The van der Waals surface area contributed by atoms with E-state index in [1.165, 1.54) is 6.42 Å². The van der Waals surface area contributed by atoms with E-state index >= 15 is 0 Å². The molecule has 85 valence electrons. The summed E-state index contributed by atoms with van der Waals surface area (Å²) in [5.41, 5.74) is 11.6. The maximum Gasteiger partial charge on any atom is 1.00 e. The molecule has 1 radical (unpaired) electrons. The van der Waals surface area contributed by atoms with Crippen molar-refractivity contribution >= 4 is 5.96 Å². The molecule has 0 aromatic carbocycles. The Morgan fingerprint density at radius 3 is 2.21 bits per heavy atom. The Morgan fingerprint density at radius 2 is 1.86 bits per heavy atom. The van der Waals surface area contributed by atoms with E-state index in [1.807, 2.05) is 0 Å². The van der Waals surface area contributed by atoms with Crippen molar-refractivity contribution in [3.8, 4) is 0 Å². The molecule has 0 atom stereocenters. The van der Waals surface area contributed by atoms with Crippen LogP contribution >= 0.6 is 0 Å². The van der Waals surface area contributed by atoms with Crippen LogP contribution in [0.3, 0.4) is 0 Å². The van der Waals surface area contributed by atoms with E-state index in [0.29, 0.717) is 6.54 Å². The molecule has 0 unspecified atom stereocenters. The van der Waals surface area contributed by atoms with Crippen LogP contribution in [-0.2, 0) is 19.5 Å². The molecule has 0 spiro atoms. The second-order valence-corrected chi connectivity index (χ2v) is 2.51. The van der Waals surface area contributed by atoms with Crippen LogP contribution < -0.4 is 5.73 Å². The third kappa shape index (κ3) is 22.6. The monoisotopic (exact) mass is 288 g/mol. The summed E-state index contributed by atoms with van der Waals surface area (Å²) in [4.78, 5) is 3.82. The molecule has 3 N–H and O–H groups in total. The van der Waals surface area contributed by atoms with Crippen molar-refractivity contribution < 1.29 is 19.5 Å². The first kappa shape index (κ1) is 19.3. The van der Waals surface area contributed by atoms with Crippen LogP contribution in [0.5, 0.6) is 0 Å². The fourth-order valence-electron chi connectivity index (χ4n) is 0.591. The van der Waals surface area contributed by atoms with E-state index < -0.39 is 0 Å². The summed E-state index contributed by atoms with van der Waals surface area (Å²) >= 11 is 0. The molecule has 0 fully saturated rings. The molecule has 0 rings (SSSR count). The average molecular weight is 287 g/mol. The van der Waals surface area contributed by atoms with Crippen molar-refractivity contribution in [1.29, 1.82) is 5.53 Å². The van der Waals surface area contributed by atoms with E-state index in [0.717, 1.165) is 12.8 Å². The molecule has 0 aliphatic heterocycles. The first-order valence-electron chi connectivity index (χ1n) is 4.38. The van der Waals surface area contributed by atoms with Crippen molar-refractivity contribution in [2.24, 2.45) is 15.8 Å². The van der Waals surface area contributed by atoms with E-state index in [-0.39, 0.29) is 25.4 Å². The summed E-state index contributed by atoms with van der Waals surface area (Å²) in [6.07, 6.45) is 3.37. The van der Waals surface area contributed by atoms with Gasteiger partial charge in [-0.3, -0.25) is 4.99 Å². The van der Waals surface area contributed by atoms with Gasteiger partial charge in [-0.05, 0) is 6.42 Å². The number of nitrogens with zero attached hydrogens (tertiary/aromatic N) is 3. The van der Waals surface area contributed by atoms with Gasteiger partial charge in [0, 0.05) is 6.54 Å². The van der Waals surface area contributed by atoms with Crippen molar-refractivity contribution in [2.75, 3.05) is 20.6 Å². The molecular weight excluding hydrogens is 267 g/mol. The first-order valence-corrected chi connectivity index (χ1v) is 4.38. The van der Waals surface area contributed by atoms with Gasteiger partial charge < -0.3 is 11.1 Å². The van der Waals surface area contributed by atoms with Crippen LogP contribution in [0, 0.1) is 5.53 Å². The number of guanidine groups is 1. The number of rotatable bonds is 4. The maximum atomic E-state index is 6.46. The minimum absolute atomic E-state index is 0. The standard InChI is InChI=1S/C6H14N4.C2H6N.Ru/c1-2-3-4-5-9-6(7)10-8;1-3-2;/h8H,2-5H2,1H3,(H2,7,9);1-2H3;/q;-1;+1. The van der Waals surface area contributed by atoms with Gasteiger partial charge in [-0.1, -0.05) is 19.8 Å². The first-order chi connectivity index (χ1) is 6.22. The largest absolute Gasteiger partial charge is 1.00 e. The quantitative estimate of drug-likeness (QED) is 0.268. The van der Waals surface area contributed by atoms with Gasteiger partial charge in [0.1, 0.15) is 0 Å². The van der Waals surface area contributed by atoms with E-state index in [9.17, 15) is 0 Å². The van der Waals surface area contributed by atoms with E-state index in [4.69, 9.17) is 11.3 Å². The molecule has 0 aromatic heterocycles. The van der Waals surface area contributed by atoms with Crippen molar-refractivity contribution in [3.63, 3.8) is 0 Å². The van der Waals surface area contributed by atoms with Crippen LogP contribution in [-0.4, -0.2) is 26.6 Å². The smallest absolute Gasteiger partial charge is 0.668 e. The molecule has 0 saturated heterocycles. The Hall–Kier alpha value is -0.347.